The Balaban J connectivity index is 2.64. The van der Waals surface area contributed by atoms with Gasteiger partial charge < -0.3 is 15.5 Å². The highest BCUT2D eigenvalue weighted by Gasteiger charge is 2.37. The molecule has 0 unspecified atom stereocenters. The van der Waals surface area contributed by atoms with E-state index in [1.165, 1.54) is 0 Å². The van der Waals surface area contributed by atoms with E-state index in [4.69, 9.17) is 15.5 Å². The van der Waals surface area contributed by atoms with Crippen LogP contribution < -0.4 is 5.73 Å². The molecular formula is C5H12NO3P. The largest absolute Gasteiger partial charge is 0.330 e. The summed E-state index contributed by atoms with van der Waals surface area (Å²) in [6.07, 6.45) is 2.16. The first kappa shape index (κ1) is 8.21. The van der Waals surface area contributed by atoms with E-state index in [1.807, 2.05) is 0 Å². The van der Waals surface area contributed by atoms with Gasteiger partial charge >= 0.3 is 7.60 Å². The minimum absolute atomic E-state index is 0.291. The van der Waals surface area contributed by atoms with Gasteiger partial charge in [-0.1, -0.05) is 6.42 Å². The quantitative estimate of drug-likeness (QED) is 0.479. The van der Waals surface area contributed by atoms with Gasteiger partial charge in [0.1, 0.15) is 0 Å². The van der Waals surface area contributed by atoms with Gasteiger partial charge in [0.25, 0.3) is 0 Å². The van der Waals surface area contributed by atoms with Crippen molar-refractivity contribution in [2.24, 2.45) is 5.73 Å². The summed E-state index contributed by atoms with van der Waals surface area (Å²) in [4.78, 5) is 17.4. The van der Waals surface area contributed by atoms with Gasteiger partial charge in [0, 0.05) is 6.04 Å². The molecule has 1 saturated carbocycles. The maximum atomic E-state index is 10.7. The Labute approximate surface area is 59.6 Å². The lowest BCUT2D eigenvalue weighted by Crippen LogP contribution is -2.28. The molecule has 0 saturated heterocycles. The predicted octanol–water partition coefficient (Wildman–Crippen LogP) is 0.0439. The number of hydrogen-bond acceptors (Lipinski definition) is 2. The highest BCUT2D eigenvalue weighted by atomic mass is 31.2. The average Bonchev–Trinajstić information content (AvgIpc) is 2.11. The summed E-state index contributed by atoms with van der Waals surface area (Å²) in [5.41, 5.74) is 4.90. The van der Waals surface area contributed by atoms with E-state index in [9.17, 15) is 4.57 Å². The van der Waals surface area contributed by atoms with Crippen molar-refractivity contribution in [1.29, 1.82) is 0 Å². The highest BCUT2D eigenvalue weighted by Crippen LogP contribution is 2.48. The SMILES string of the molecule is N[C@H]1CCC[C@H]1P(=O)(O)O. The molecule has 0 radical (unpaired) electrons. The van der Waals surface area contributed by atoms with Crippen molar-refractivity contribution in [3.05, 3.63) is 0 Å². The van der Waals surface area contributed by atoms with Crippen LogP contribution in [0.15, 0.2) is 0 Å². The minimum Gasteiger partial charge on any atom is -0.327 e. The van der Waals surface area contributed by atoms with E-state index in [1.54, 1.807) is 0 Å². The monoisotopic (exact) mass is 165 g/mol. The molecule has 60 valence electrons. The average molecular weight is 165 g/mol. The van der Waals surface area contributed by atoms with Crippen molar-refractivity contribution in [3.63, 3.8) is 0 Å². The zero-order chi connectivity index (χ0) is 7.78. The van der Waals surface area contributed by atoms with Gasteiger partial charge in [0.2, 0.25) is 0 Å². The lowest BCUT2D eigenvalue weighted by atomic mass is 10.3. The molecule has 10 heavy (non-hydrogen) atoms. The molecule has 0 aromatic carbocycles. The van der Waals surface area contributed by atoms with Gasteiger partial charge in [-0.25, -0.2) is 0 Å². The summed E-state index contributed by atoms with van der Waals surface area (Å²) in [7, 11) is -3.89. The first-order chi connectivity index (χ1) is 4.52. The molecule has 1 fully saturated rings. The number of rotatable bonds is 1. The van der Waals surface area contributed by atoms with E-state index in [-0.39, 0.29) is 6.04 Å². The molecule has 1 aliphatic rings. The summed E-state index contributed by atoms with van der Waals surface area (Å²) >= 11 is 0. The molecule has 0 amide bonds. The second-order valence-electron chi connectivity index (χ2n) is 2.75. The molecule has 2 atom stereocenters. The van der Waals surface area contributed by atoms with Crippen LogP contribution in [0.1, 0.15) is 19.3 Å². The van der Waals surface area contributed by atoms with Gasteiger partial charge in [0.15, 0.2) is 0 Å². The normalized spacial score (nSPS) is 34.7. The lowest BCUT2D eigenvalue weighted by molar-refractivity contribution is 0.353. The topological polar surface area (TPSA) is 83.6 Å². The van der Waals surface area contributed by atoms with Crippen LogP contribution in [0.5, 0.6) is 0 Å². The van der Waals surface area contributed by atoms with Crippen molar-refractivity contribution in [3.8, 4) is 0 Å². The Morgan fingerprint density at radius 1 is 1.40 bits per heavy atom. The third kappa shape index (κ3) is 1.58. The first-order valence-electron chi connectivity index (χ1n) is 3.32. The van der Waals surface area contributed by atoms with Crippen LogP contribution >= 0.6 is 7.60 Å². The summed E-state index contributed by atoms with van der Waals surface area (Å²) < 4.78 is 10.7. The number of hydrogen-bond donors (Lipinski definition) is 3. The van der Waals surface area contributed by atoms with Crippen molar-refractivity contribution in [1.82, 2.24) is 0 Å². The second-order valence-corrected chi connectivity index (χ2v) is 4.59. The van der Waals surface area contributed by atoms with Gasteiger partial charge in [-0.05, 0) is 12.8 Å². The Morgan fingerprint density at radius 2 is 2.00 bits per heavy atom. The molecule has 4 N–H and O–H groups in total. The van der Waals surface area contributed by atoms with Crippen LogP contribution in [-0.2, 0) is 4.57 Å². The Kier molecular flexibility index (Phi) is 2.15. The van der Waals surface area contributed by atoms with E-state index in [0.29, 0.717) is 6.42 Å². The molecule has 0 aromatic heterocycles. The molecular weight excluding hydrogens is 153 g/mol. The van der Waals surface area contributed by atoms with Gasteiger partial charge in [-0.2, -0.15) is 0 Å². The Bertz CT molecular complexity index is 166. The fourth-order valence-electron chi connectivity index (χ4n) is 1.39. The molecule has 1 rings (SSSR count). The molecule has 0 bridgehead atoms. The summed E-state index contributed by atoms with van der Waals surface area (Å²) in [6, 6.07) is -0.291. The zero-order valence-electron chi connectivity index (χ0n) is 5.60. The van der Waals surface area contributed by atoms with Crippen molar-refractivity contribution in [2.75, 3.05) is 0 Å². The summed E-state index contributed by atoms with van der Waals surface area (Å²) in [6.45, 7) is 0. The Morgan fingerprint density at radius 3 is 2.20 bits per heavy atom. The fraction of sp³-hybridized carbons (Fsp3) is 1.00. The third-order valence-corrected chi connectivity index (χ3v) is 3.47. The van der Waals surface area contributed by atoms with Crippen LogP contribution in [0, 0.1) is 0 Å². The molecule has 0 spiro atoms. The van der Waals surface area contributed by atoms with Gasteiger partial charge in [-0.3, -0.25) is 4.57 Å². The zero-order valence-corrected chi connectivity index (χ0v) is 6.50. The minimum atomic E-state index is -3.89. The van der Waals surface area contributed by atoms with Gasteiger partial charge in [-0.15, -0.1) is 0 Å². The molecule has 0 aliphatic heterocycles. The van der Waals surface area contributed by atoms with Crippen LogP contribution in [0.3, 0.4) is 0 Å². The van der Waals surface area contributed by atoms with E-state index in [2.05, 4.69) is 0 Å². The van der Waals surface area contributed by atoms with Crippen LogP contribution in [-0.4, -0.2) is 21.5 Å². The highest BCUT2D eigenvalue weighted by molar-refractivity contribution is 7.52. The molecule has 5 heteroatoms. The van der Waals surface area contributed by atoms with E-state index >= 15 is 0 Å². The molecule has 4 nitrogen and oxygen atoms in total. The van der Waals surface area contributed by atoms with Gasteiger partial charge in [0.05, 0.1) is 5.66 Å². The number of nitrogens with two attached hydrogens (primary N) is 1. The van der Waals surface area contributed by atoms with E-state index in [0.717, 1.165) is 12.8 Å². The molecule has 1 aliphatic carbocycles. The predicted molar refractivity (Wildman–Crippen MR) is 37.7 cm³/mol. The smallest absolute Gasteiger partial charge is 0.327 e. The van der Waals surface area contributed by atoms with E-state index < -0.39 is 13.3 Å². The summed E-state index contributed by atoms with van der Waals surface area (Å²) in [5, 5.41) is 0. The maximum Gasteiger partial charge on any atom is 0.330 e. The van der Waals surface area contributed by atoms with Crippen LogP contribution in [0.2, 0.25) is 0 Å². The standard InChI is InChI=1S/C5H12NO3P/c6-4-2-1-3-5(4)10(7,8)9/h4-5H,1-3,6H2,(H2,7,8,9)/t4-,5+/m0/s1. The maximum absolute atomic E-state index is 10.7. The lowest BCUT2D eigenvalue weighted by Gasteiger charge is -2.15. The Hall–Kier alpha value is 0.110. The van der Waals surface area contributed by atoms with Crippen molar-refractivity contribution >= 4 is 7.60 Å². The van der Waals surface area contributed by atoms with Crippen molar-refractivity contribution in [2.45, 2.75) is 31.0 Å². The van der Waals surface area contributed by atoms with Crippen LogP contribution in [0.4, 0.5) is 0 Å². The first-order valence-corrected chi connectivity index (χ1v) is 5.01. The second kappa shape index (κ2) is 2.62. The fourth-order valence-corrected chi connectivity index (χ4v) is 2.55. The third-order valence-electron chi connectivity index (χ3n) is 1.96. The van der Waals surface area contributed by atoms with Crippen LogP contribution in [0.25, 0.3) is 0 Å². The van der Waals surface area contributed by atoms with Crippen molar-refractivity contribution < 1.29 is 14.4 Å². The molecule has 0 aromatic rings. The molecule has 0 heterocycles. The summed E-state index contributed by atoms with van der Waals surface area (Å²) in [5.74, 6) is 0.